The normalized spacial score (nSPS) is 10.4. The van der Waals surface area contributed by atoms with Crippen molar-refractivity contribution >= 4 is 5.91 Å². The molecule has 0 aliphatic rings. The highest BCUT2D eigenvalue weighted by molar-refractivity contribution is 5.75. The highest BCUT2D eigenvalue weighted by Gasteiger charge is 2.00. The van der Waals surface area contributed by atoms with Crippen LogP contribution in [0.5, 0.6) is 5.75 Å². The van der Waals surface area contributed by atoms with Crippen LogP contribution >= 0.6 is 0 Å². The molecule has 0 fully saturated rings. The van der Waals surface area contributed by atoms with Gasteiger partial charge < -0.3 is 10.1 Å². The lowest BCUT2D eigenvalue weighted by atomic mass is 10.0. The molecule has 0 spiro atoms. The van der Waals surface area contributed by atoms with E-state index in [1.54, 1.807) is 7.05 Å². The van der Waals surface area contributed by atoms with Gasteiger partial charge in [0.05, 0.1) is 6.61 Å². The maximum Gasteiger partial charge on any atom is 0.219 e. The third-order valence-electron chi connectivity index (χ3n) is 2.64. The molecule has 0 atom stereocenters. The molecule has 17 heavy (non-hydrogen) atoms. The third kappa shape index (κ3) is 4.89. The molecule has 3 heteroatoms. The summed E-state index contributed by atoms with van der Waals surface area (Å²) in [6, 6.07) is 8.13. The van der Waals surface area contributed by atoms with Crippen LogP contribution in [0.1, 0.15) is 38.2 Å². The highest BCUT2D eigenvalue weighted by Crippen LogP contribution is 2.18. The zero-order chi connectivity index (χ0) is 12.7. The number of ether oxygens (including phenoxy) is 1. The zero-order valence-electron chi connectivity index (χ0n) is 10.8. The molecule has 3 nitrogen and oxygen atoms in total. The molecule has 1 amide bonds. The van der Waals surface area contributed by atoms with Crippen LogP contribution in [0.15, 0.2) is 24.3 Å². The van der Waals surface area contributed by atoms with Crippen molar-refractivity contribution in [1.82, 2.24) is 5.32 Å². The van der Waals surface area contributed by atoms with E-state index in [-0.39, 0.29) is 5.91 Å². The lowest BCUT2D eigenvalue weighted by molar-refractivity contribution is -0.120. The molecule has 0 saturated carbocycles. The number of rotatable bonds is 6. The van der Waals surface area contributed by atoms with Gasteiger partial charge in [0.15, 0.2) is 0 Å². The number of benzene rings is 1. The van der Waals surface area contributed by atoms with Gasteiger partial charge in [-0.15, -0.1) is 0 Å². The number of carbonyl (C=O) groups excluding carboxylic acids is 1. The highest BCUT2D eigenvalue weighted by atomic mass is 16.5. The van der Waals surface area contributed by atoms with Gasteiger partial charge in [-0.1, -0.05) is 26.0 Å². The quantitative estimate of drug-likeness (QED) is 0.770. The Labute approximate surface area is 103 Å². The average molecular weight is 235 g/mol. The molecule has 0 bridgehead atoms. The predicted octanol–water partition coefficient (Wildman–Crippen LogP) is 2.72. The van der Waals surface area contributed by atoms with Gasteiger partial charge in [-0.2, -0.15) is 0 Å². The minimum absolute atomic E-state index is 0.0590. The number of amides is 1. The monoisotopic (exact) mass is 235 g/mol. The molecule has 0 unspecified atom stereocenters. The molecule has 0 saturated heterocycles. The van der Waals surface area contributed by atoms with Crippen LogP contribution < -0.4 is 10.1 Å². The second kappa shape index (κ2) is 6.94. The van der Waals surface area contributed by atoms with Crippen molar-refractivity contribution in [2.75, 3.05) is 13.7 Å². The van der Waals surface area contributed by atoms with E-state index in [9.17, 15) is 4.79 Å². The van der Waals surface area contributed by atoms with E-state index in [4.69, 9.17) is 4.74 Å². The first-order valence-electron chi connectivity index (χ1n) is 6.07. The average Bonchev–Trinajstić information content (AvgIpc) is 2.34. The van der Waals surface area contributed by atoms with Gasteiger partial charge in [0.1, 0.15) is 5.75 Å². The van der Waals surface area contributed by atoms with Crippen molar-refractivity contribution in [3.8, 4) is 5.75 Å². The Hall–Kier alpha value is -1.51. The largest absolute Gasteiger partial charge is 0.494 e. The SMILES string of the molecule is CNC(=O)CCCOc1ccc(C(C)C)cc1. The Morgan fingerprint density at radius 3 is 2.47 bits per heavy atom. The van der Waals surface area contributed by atoms with Crippen molar-refractivity contribution in [2.24, 2.45) is 0 Å². The molecule has 0 radical (unpaired) electrons. The van der Waals surface area contributed by atoms with Gasteiger partial charge in [0.25, 0.3) is 0 Å². The van der Waals surface area contributed by atoms with Gasteiger partial charge in [-0.05, 0) is 30.0 Å². The molecular formula is C14H21NO2. The predicted molar refractivity (Wildman–Crippen MR) is 69.3 cm³/mol. The minimum atomic E-state index is 0.0590. The summed E-state index contributed by atoms with van der Waals surface area (Å²) in [6.07, 6.45) is 1.26. The Bertz CT molecular complexity index is 344. The van der Waals surface area contributed by atoms with Crippen LogP contribution in [-0.4, -0.2) is 19.6 Å². The standard InChI is InChI=1S/C14H21NO2/c1-11(2)12-6-8-13(9-7-12)17-10-4-5-14(16)15-3/h6-9,11H,4-5,10H2,1-3H3,(H,15,16). The first-order valence-corrected chi connectivity index (χ1v) is 6.07. The van der Waals surface area contributed by atoms with E-state index in [1.807, 2.05) is 12.1 Å². The smallest absolute Gasteiger partial charge is 0.219 e. The van der Waals surface area contributed by atoms with Crippen LogP contribution in [0.3, 0.4) is 0 Å². The van der Waals surface area contributed by atoms with Crippen LogP contribution in [0.25, 0.3) is 0 Å². The first kappa shape index (κ1) is 13.6. The first-order chi connectivity index (χ1) is 8.13. The number of hydrogen-bond acceptors (Lipinski definition) is 2. The Morgan fingerprint density at radius 1 is 1.29 bits per heavy atom. The van der Waals surface area contributed by atoms with Crippen LogP contribution in [0.2, 0.25) is 0 Å². The lowest BCUT2D eigenvalue weighted by Crippen LogP contribution is -2.18. The maximum absolute atomic E-state index is 11.0. The molecule has 0 aliphatic carbocycles. The maximum atomic E-state index is 11.0. The second-order valence-electron chi connectivity index (χ2n) is 4.35. The van der Waals surface area contributed by atoms with Crippen LogP contribution in [0.4, 0.5) is 0 Å². The van der Waals surface area contributed by atoms with Gasteiger partial charge in [-0.3, -0.25) is 4.79 Å². The van der Waals surface area contributed by atoms with Gasteiger partial charge in [0.2, 0.25) is 5.91 Å². The van der Waals surface area contributed by atoms with Crippen LogP contribution in [-0.2, 0) is 4.79 Å². The van der Waals surface area contributed by atoms with Crippen LogP contribution in [0, 0.1) is 0 Å². The molecular weight excluding hydrogens is 214 g/mol. The van der Waals surface area contributed by atoms with Crippen molar-refractivity contribution in [2.45, 2.75) is 32.6 Å². The van der Waals surface area contributed by atoms with Crippen molar-refractivity contribution in [3.63, 3.8) is 0 Å². The Morgan fingerprint density at radius 2 is 1.94 bits per heavy atom. The Kier molecular flexibility index (Phi) is 5.53. The summed E-state index contributed by atoms with van der Waals surface area (Å²) >= 11 is 0. The summed E-state index contributed by atoms with van der Waals surface area (Å²) in [5.74, 6) is 1.47. The van der Waals surface area contributed by atoms with E-state index < -0.39 is 0 Å². The summed E-state index contributed by atoms with van der Waals surface area (Å²) in [6.45, 7) is 4.91. The number of hydrogen-bond donors (Lipinski definition) is 1. The number of nitrogens with one attached hydrogen (secondary N) is 1. The molecule has 94 valence electrons. The summed E-state index contributed by atoms with van der Waals surface area (Å²) < 4.78 is 5.56. The topological polar surface area (TPSA) is 38.3 Å². The van der Waals surface area contributed by atoms with Gasteiger partial charge in [-0.25, -0.2) is 0 Å². The molecule has 0 aromatic heterocycles. The van der Waals surface area contributed by atoms with Gasteiger partial charge >= 0.3 is 0 Å². The Balaban J connectivity index is 2.30. The number of carbonyl (C=O) groups is 1. The summed E-state index contributed by atoms with van der Waals surface area (Å²) in [5, 5.41) is 2.59. The third-order valence-corrected chi connectivity index (χ3v) is 2.64. The lowest BCUT2D eigenvalue weighted by Gasteiger charge is -2.08. The summed E-state index contributed by atoms with van der Waals surface area (Å²) in [7, 11) is 1.65. The van der Waals surface area contributed by atoms with E-state index in [0.29, 0.717) is 18.9 Å². The molecule has 0 aliphatic heterocycles. The molecule has 0 heterocycles. The molecule has 1 N–H and O–H groups in total. The van der Waals surface area contributed by atoms with E-state index >= 15 is 0 Å². The van der Waals surface area contributed by atoms with Crippen molar-refractivity contribution in [3.05, 3.63) is 29.8 Å². The summed E-state index contributed by atoms with van der Waals surface area (Å²) in [5.41, 5.74) is 1.31. The van der Waals surface area contributed by atoms with E-state index in [2.05, 4.69) is 31.3 Å². The molecule has 1 rings (SSSR count). The van der Waals surface area contributed by atoms with E-state index in [0.717, 1.165) is 12.2 Å². The molecule has 1 aromatic rings. The minimum Gasteiger partial charge on any atom is -0.494 e. The van der Waals surface area contributed by atoms with Crippen molar-refractivity contribution in [1.29, 1.82) is 0 Å². The fraction of sp³-hybridized carbons (Fsp3) is 0.500. The van der Waals surface area contributed by atoms with E-state index in [1.165, 1.54) is 5.56 Å². The molecule has 1 aromatic carbocycles. The fourth-order valence-corrected chi connectivity index (χ4v) is 1.50. The zero-order valence-corrected chi connectivity index (χ0v) is 10.8. The fourth-order valence-electron chi connectivity index (χ4n) is 1.50. The second-order valence-corrected chi connectivity index (χ2v) is 4.35. The van der Waals surface area contributed by atoms with Crippen molar-refractivity contribution < 1.29 is 9.53 Å². The summed E-state index contributed by atoms with van der Waals surface area (Å²) in [4.78, 5) is 11.0. The van der Waals surface area contributed by atoms with Gasteiger partial charge in [0, 0.05) is 13.5 Å².